The van der Waals surface area contributed by atoms with Crippen molar-refractivity contribution in [1.29, 1.82) is 0 Å². The number of allylic oxidation sites excluding steroid dienone is 2. The van der Waals surface area contributed by atoms with Crippen molar-refractivity contribution in [3.63, 3.8) is 0 Å². The van der Waals surface area contributed by atoms with Crippen LogP contribution in [0.2, 0.25) is 0 Å². The van der Waals surface area contributed by atoms with Gasteiger partial charge in [0, 0.05) is 6.54 Å². The summed E-state index contributed by atoms with van der Waals surface area (Å²) in [4.78, 5) is 15.0. The predicted octanol–water partition coefficient (Wildman–Crippen LogP) is 5.38. The van der Waals surface area contributed by atoms with Crippen molar-refractivity contribution >= 4 is 21.4 Å². The second-order valence-corrected chi connectivity index (χ2v) is 11.8. The maximum absolute atomic E-state index is 13.9. The number of benzene rings is 2. The fraction of sp³-hybridized carbons (Fsp3) is 0.370. The van der Waals surface area contributed by atoms with Crippen molar-refractivity contribution < 1.29 is 17.9 Å². The zero-order chi connectivity index (χ0) is 24.0. The fourth-order valence-corrected chi connectivity index (χ4v) is 6.25. The molecular weight excluding hydrogens is 434 g/mol. The summed E-state index contributed by atoms with van der Waals surface area (Å²) in [6.07, 6.45) is 6.95. The maximum atomic E-state index is 13.9. The van der Waals surface area contributed by atoms with Gasteiger partial charge in [0.1, 0.15) is 17.1 Å². The van der Waals surface area contributed by atoms with Gasteiger partial charge in [-0.25, -0.2) is 8.42 Å². The number of carbonyl (C=O) groups excluding carboxylic acids is 1. The summed E-state index contributed by atoms with van der Waals surface area (Å²) in [5, 5.41) is 0. The van der Waals surface area contributed by atoms with E-state index in [1.807, 2.05) is 32.9 Å². The van der Waals surface area contributed by atoms with Gasteiger partial charge in [0.2, 0.25) is 5.91 Å². The molecule has 0 unspecified atom stereocenters. The van der Waals surface area contributed by atoms with Gasteiger partial charge in [0.15, 0.2) is 9.84 Å². The molecule has 0 atom stereocenters. The number of amides is 1. The molecule has 2 aliphatic rings. The molecule has 2 aromatic rings. The van der Waals surface area contributed by atoms with Crippen LogP contribution < -0.4 is 9.64 Å². The number of fused-ring (bicyclic) bond motifs is 1. The van der Waals surface area contributed by atoms with Crippen LogP contribution in [-0.2, 0) is 19.4 Å². The Morgan fingerprint density at radius 3 is 2.24 bits per heavy atom. The monoisotopic (exact) mass is 465 g/mol. The molecule has 0 aromatic heterocycles. The van der Waals surface area contributed by atoms with E-state index in [0.717, 1.165) is 5.56 Å². The van der Waals surface area contributed by atoms with Crippen LogP contribution >= 0.6 is 0 Å². The molecule has 6 heteroatoms. The van der Waals surface area contributed by atoms with Crippen molar-refractivity contribution in [2.75, 3.05) is 18.1 Å². The molecule has 0 fully saturated rings. The van der Waals surface area contributed by atoms with E-state index in [0.29, 0.717) is 29.5 Å². The van der Waals surface area contributed by atoms with E-state index in [4.69, 9.17) is 4.74 Å². The van der Waals surface area contributed by atoms with Crippen LogP contribution in [0.3, 0.4) is 0 Å². The molecule has 0 N–H and O–H groups in total. The minimum absolute atomic E-state index is 0.00950. The molecule has 0 bridgehead atoms. The van der Waals surface area contributed by atoms with Gasteiger partial charge in [0.25, 0.3) is 0 Å². The highest BCUT2D eigenvalue weighted by atomic mass is 32.2. The summed E-state index contributed by atoms with van der Waals surface area (Å²) < 4.78 is 32.6. The number of carbonyl (C=O) groups is 1. The Morgan fingerprint density at radius 1 is 1.03 bits per heavy atom. The lowest BCUT2D eigenvalue weighted by Crippen LogP contribution is -2.42. The van der Waals surface area contributed by atoms with Crippen LogP contribution in [0.5, 0.6) is 5.75 Å². The first kappa shape index (κ1) is 23.3. The topological polar surface area (TPSA) is 63.7 Å². The molecule has 4 rings (SSSR count). The number of sulfone groups is 1. The Kier molecular flexibility index (Phi) is 5.77. The summed E-state index contributed by atoms with van der Waals surface area (Å²) >= 11 is 0. The van der Waals surface area contributed by atoms with E-state index >= 15 is 0 Å². The molecule has 0 saturated heterocycles. The van der Waals surface area contributed by atoms with Crippen LogP contribution in [-0.4, -0.2) is 27.5 Å². The predicted molar refractivity (Wildman–Crippen MR) is 131 cm³/mol. The first-order valence-electron chi connectivity index (χ1n) is 11.3. The molecule has 0 saturated carbocycles. The van der Waals surface area contributed by atoms with Crippen molar-refractivity contribution in [3.8, 4) is 5.75 Å². The molecule has 174 valence electrons. The lowest BCUT2D eigenvalue weighted by Gasteiger charge is -2.29. The Hall–Kier alpha value is -2.86. The van der Waals surface area contributed by atoms with Gasteiger partial charge in [-0.2, -0.15) is 0 Å². The molecular formula is C27H31NO4S. The molecule has 2 aromatic carbocycles. The highest BCUT2D eigenvalue weighted by molar-refractivity contribution is 7.92. The third-order valence-corrected chi connectivity index (χ3v) is 8.82. The number of anilines is 1. The molecule has 1 aliphatic carbocycles. The van der Waals surface area contributed by atoms with Crippen molar-refractivity contribution in [2.24, 2.45) is 5.41 Å². The van der Waals surface area contributed by atoms with E-state index < -0.39 is 20.0 Å². The van der Waals surface area contributed by atoms with Gasteiger partial charge in [-0.05, 0) is 62.1 Å². The molecule has 33 heavy (non-hydrogen) atoms. The fourth-order valence-electron chi connectivity index (χ4n) is 4.41. The molecule has 0 spiro atoms. The molecule has 1 heterocycles. The molecule has 1 amide bonds. The van der Waals surface area contributed by atoms with Crippen molar-refractivity contribution in [1.82, 2.24) is 0 Å². The maximum Gasteiger partial charge on any atom is 0.236 e. The third kappa shape index (κ3) is 3.70. The van der Waals surface area contributed by atoms with Crippen LogP contribution in [0.1, 0.15) is 51.7 Å². The lowest BCUT2D eigenvalue weighted by molar-refractivity contribution is -0.127. The second kappa shape index (κ2) is 8.17. The van der Waals surface area contributed by atoms with Crippen LogP contribution in [0.15, 0.2) is 71.7 Å². The van der Waals surface area contributed by atoms with Crippen LogP contribution in [0.4, 0.5) is 5.69 Å². The quantitative estimate of drug-likeness (QED) is 0.595. The lowest BCUT2D eigenvalue weighted by atomic mass is 9.93. The summed E-state index contributed by atoms with van der Waals surface area (Å²) in [5.41, 5.74) is 1.66. The smallest absolute Gasteiger partial charge is 0.236 e. The second-order valence-electron chi connectivity index (χ2n) is 9.64. The van der Waals surface area contributed by atoms with Gasteiger partial charge in [-0.3, -0.25) is 4.79 Å². The summed E-state index contributed by atoms with van der Waals surface area (Å²) in [6, 6.07) is 12.5. The van der Waals surface area contributed by atoms with E-state index in [9.17, 15) is 13.2 Å². The Morgan fingerprint density at radius 2 is 1.67 bits per heavy atom. The van der Waals surface area contributed by atoms with Crippen molar-refractivity contribution in [2.45, 2.75) is 50.2 Å². The minimum atomic E-state index is -3.79. The molecule has 5 nitrogen and oxygen atoms in total. The van der Waals surface area contributed by atoms with Gasteiger partial charge in [-0.15, -0.1) is 0 Å². The van der Waals surface area contributed by atoms with Crippen molar-refractivity contribution in [3.05, 3.63) is 77.9 Å². The zero-order valence-corrected chi connectivity index (χ0v) is 20.6. The van der Waals surface area contributed by atoms with Gasteiger partial charge in [0.05, 0.1) is 16.0 Å². The highest BCUT2D eigenvalue weighted by Crippen LogP contribution is 2.45. The first-order chi connectivity index (χ1) is 15.5. The minimum Gasteiger partial charge on any atom is -0.490 e. The van der Waals surface area contributed by atoms with Gasteiger partial charge < -0.3 is 9.64 Å². The van der Waals surface area contributed by atoms with E-state index in [1.54, 1.807) is 59.5 Å². The van der Waals surface area contributed by atoms with E-state index in [-0.39, 0.29) is 17.4 Å². The summed E-state index contributed by atoms with van der Waals surface area (Å²) in [7, 11) is -3.79. The zero-order valence-electron chi connectivity index (χ0n) is 19.8. The molecule has 1 aliphatic heterocycles. The number of ether oxygens (including phenoxy) is 1. The number of hydrogen-bond acceptors (Lipinski definition) is 4. The SMILES string of the molecule is CCN1C(=O)C(C)(C)COc2cc(C3(S(=O)(=O)c4ccc(C(C)C)cc4)C=CC=C3)ccc21. The Labute approximate surface area is 196 Å². The normalized spacial score (nSPS) is 18.8. The van der Waals surface area contributed by atoms with E-state index in [2.05, 4.69) is 13.8 Å². The standard InChI is InChI=1S/C27H31NO4S/c1-6-28-23-14-11-21(17-24(23)32-18-26(4,5)25(28)29)27(15-7-8-16-27)33(30,31)22-12-9-20(10-13-22)19(2)3/h7-17,19H,6,18H2,1-5H3. The van der Waals surface area contributed by atoms with Gasteiger partial charge >= 0.3 is 0 Å². The average molecular weight is 466 g/mol. The summed E-state index contributed by atoms with van der Waals surface area (Å²) in [6.45, 7) is 10.5. The van der Waals surface area contributed by atoms with Gasteiger partial charge in [-0.1, -0.05) is 56.4 Å². The average Bonchev–Trinajstić information content (AvgIpc) is 3.27. The van der Waals surface area contributed by atoms with Crippen LogP contribution in [0, 0.1) is 5.41 Å². The number of rotatable bonds is 5. The first-order valence-corrected chi connectivity index (χ1v) is 12.8. The number of hydrogen-bond donors (Lipinski definition) is 0. The van der Waals surface area contributed by atoms with E-state index in [1.165, 1.54) is 0 Å². The summed E-state index contributed by atoms with van der Waals surface area (Å²) in [5.74, 6) is 0.827. The number of nitrogens with zero attached hydrogens (tertiary/aromatic N) is 1. The molecule has 0 radical (unpaired) electrons. The largest absolute Gasteiger partial charge is 0.490 e. The third-order valence-electron chi connectivity index (χ3n) is 6.53. The Bertz CT molecular complexity index is 1230. The highest BCUT2D eigenvalue weighted by Gasteiger charge is 2.45. The Balaban J connectivity index is 1.83. The van der Waals surface area contributed by atoms with Crippen LogP contribution in [0.25, 0.3) is 0 Å².